The normalized spacial score (nSPS) is 20.6. The maximum atomic E-state index is 14.6. The van der Waals surface area contributed by atoms with Gasteiger partial charge in [0.05, 0.1) is 22.7 Å². The number of aryl methyl sites for hydroxylation is 1. The summed E-state index contributed by atoms with van der Waals surface area (Å²) in [5, 5.41) is 0. The lowest BCUT2D eigenvalue weighted by Crippen LogP contribution is -2.44. The monoisotopic (exact) mass is 618 g/mol. The summed E-state index contributed by atoms with van der Waals surface area (Å²) < 4.78 is 94.0. The van der Waals surface area contributed by atoms with Crippen molar-refractivity contribution in [3.05, 3.63) is 70.6 Å². The summed E-state index contributed by atoms with van der Waals surface area (Å²) in [7, 11) is -4.29. The average molecular weight is 619 g/mol. The second-order valence-corrected chi connectivity index (χ2v) is 11.4. The van der Waals surface area contributed by atoms with E-state index in [1.807, 2.05) is 0 Å². The number of Topliss-reactive ketones (excluding diaryl/α,β-unsaturated/α-hetero) is 1. The number of nitrogens with zero attached hydrogens (tertiary/aromatic N) is 4. The van der Waals surface area contributed by atoms with Gasteiger partial charge < -0.3 is 0 Å². The van der Waals surface area contributed by atoms with Crippen molar-refractivity contribution in [1.29, 1.82) is 0 Å². The third-order valence-corrected chi connectivity index (χ3v) is 8.94. The zero-order valence-corrected chi connectivity index (χ0v) is 22.1. The summed E-state index contributed by atoms with van der Waals surface area (Å²) in [6.45, 7) is 1.37. The first-order valence-corrected chi connectivity index (χ1v) is 13.5. The van der Waals surface area contributed by atoms with Crippen LogP contribution in [0.4, 0.5) is 22.0 Å². The molecular weight excluding hydrogens is 599 g/mol. The molecule has 0 spiro atoms. The molecule has 1 aliphatic rings. The number of carbonyl (C=O) groups excluding carboxylic acids is 1. The van der Waals surface area contributed by atoms with E-state index in [2.05, 4.69) is 30.9 Å². The molecule has 0 bridgehead atoms. The zero-order chi connectivity index (χ0) is 27.8. The van der Waals surface area contributed by atoms with Gasteiger partial charge in [0.2, 0.25) is 15.8 Å². The fraction of sp³-hybridized carbons (Fsp3) is 0.333. The minimum Gasteiger partial charge on any atom is -0.298 e. The van der Waals surface area contributed by atoms with E-state index in [0.717, 1.165) is 41.0 Å². The summed E-state index contributed by atoms with van der Waals surface area (Å²) in [5.41, 5.74) is 1.06. The number of pyridine rings is 1. The van der Waals surface area contributed by atoms with Crippen LogP contribution in [-0.2, 0) is 27.4 Å². The molecule has 3 atom stereocenters. The highest BCUT2D eigenvalue weighted by molar-refractivity contribution is 9.10. The molecule has 0 N–H and O–H groups in total. The van der Waals surface area contributed by atoms with Crippen LogP contribution >= 0.6 is 15.9 Å². The van der Waals surface area contributed by atoms with Gasteiger partial charge in [-0.2, -0.15) is 17.5 Å². The van der Waals surface area contributed by atoms with Crippen molar-refractivity contribution in [3.8, 4) is 11.3 Å². The third-order valence-electron chi connectivity index (χ3n) is 6.22. The number of sulfonamides is 1. The Kier molecular flexibility index (Phi) is 7.96. The summed E-state index contributed by atoms with van der Waals surface area (Å²) in [5.74, 6) is -2.44. The first-order valence-electron chi connectivity index (χ1n) is 11.3. The molecular formula is C24H20BrF5N4O3S. The van der Waals surface area contributed by atoms with Crippen LogP contribution in [0.2, 0.25) is 0 Å². The second-order valence-electron chi connectivity index (χ2n) is 8.72. The maximum absolute atomic E-state index is 14.6. The van der Waals surface area contributed by atoms with Crippen LogP contribution in [-0.4, -0.2) is 51.7 Å². The van der Waals surface area contributed by atoms with Crippen LogP contribution in [0.5, 0.6) is 0 Å². The summed E-state index contributed by atoms with van der Waals surface area (Å²) in [4.78, 5) is 23.7. The lowest BCUT2D eigenvalue weighted by molar-refractivity contribution is -0.145. The Balaban J connectivity index is 1.53. The molecule has 3 heterocycles. The predicted molar refractivity (Wildman–Crippen MR) is 129 cm³/mol. The summed E-state index contributed by atoms with van der Waals surface area (Å²) in [6.07, 6.45) is -3.22. The molecule has 0 radical (unpaired) electrons. The molecule has 2 aromatic heterocycles. The number of benzene rings is 1. The Morgan fingerprint density at radius 1 is 1.11 bits per heavy atom. The molecule has 0 aliphatic carbocycles. The highest BCUT2D eigenvalue weighted by Gasteiger charge is 2.48. The second kappa shape index (κ2) is 10.7. The van der Waals surface area contributed by atoms with E-state index >= 15 is 0 Å². The highest BCUT2D eigenvalue weighted by Crippen LogP contribution is 2.35. The van der Waals surface area contributed by atoms with E-state index in [-0.39, 0.29) is 35.4 Å². The number of alkyl halides is 4. The van der Waals surface area contributed by atoms with Crippen LogP contribution in [0.1, 0.15) is 31.2 Å². The Labute approximate surface area is 223 Å². The quantitative estimate of drug-likeness (QED) is 0.340. The number of halogens is 6. The number of ketones is 1. The number of carbonyl (C=O) groups is 1. The van der Waals surface area contributed by atoms with Crippen molar-refractivity contribution in [2.45, 2.75) is 55.5 Å². The van der Waals surface area contributed by atoms with Crippen LogP contribution in [0.15, 0.2) is 58.3 Å². The van der Waals surface area contributed by atoms with Crippen LogP contribution < -0.4 is 0 Å². The number of rotatable bonds is 7. The third kappa shape index (κ3) is 5.76. The van der Waals surface area contributed by atoms with Crippen LogP contribution in [0.25, 0.3) is 11.3 Å². The first-order chi connectivity index (χ1) is 17.8. The molecule has 4 rings (SSSR count). The number of hydrogen-bond donors (Lipinski definition) is 0. The van der Waals surface area contributed by atoms with Gasteiger partial charge in [0.25, 0.3) is 0 Å². The molecule has 1 fully saturated rings. The fourth-order valence-corrected chi connectivity index (χ4v) is 6.45. The van der Waals surface area contributed by atoms with E-state index in [1.165, 1.54) is 13.1 Å². The fourth-order valence-electron chi connectivity index (χ4n) is 4.21. The van der Waals surface area contributed by atoms with Crippen molar-refractivity contribution in [2.24, 2.45) is 0 Å². The van der Waals surface area contributed by atoms with E-state index in [0.29, 0.717) is 10.0 Å². The van der Waals surface area contributed by atoms with Crippen molar-refractivity contribution in [2.75, 3.05) is 0 Å². The Bertz CT molecular complexity index is 1440. The van der Waals surface area contributed by atoms with Gasteiger partial charge in [0, 0.05) is 41.5 Å². The van der Waals surface area contributed by atoms with Gasteiger partial charge in [-0.05, 0) is 65.2 Å². The van der Waals surface area contributed by atoms with Gasteiger partial charge in [-0.1, -0.05) is 0 Å². The Hall–Kier alpha value is -2.84. The molecule has 0 unspecified atom stereocenters. The molecule has 3 aromatic rings. The van der Waals surface area contributed by atoms with Crippen LogP contribution in [0, 0.1) is 5.82 Å². The van der Waals surface area contributed by atoms with Crippen molar-refractivity contribution < 1.29 is 35.2 Å². The molecule has 202 valence electrons. The van der Waals surface area contributed by atoms with Gasteiger partial charge in [0.15, 0.2) is 5.78 Å². The largest absolute Gasteiger partial charge is 0.451 e. The van der Waals surface area contributed by atoms with Gasteiger partial charge in [-0.25, -0.2) is 27.2 Å². The molecule has 0 amide bonds. The van der Waals surface area contributed by atoms with Gasteiger partial charge >= 0.3 is 6.18 Å². The van der Waals surface area contributed by atoms with Gasteiger partial charge in [-0.15, -0.1) is 0 Å². The van der Waals surface area contributed by atoms with Crippen molar-refractivity contribution in [3.63, 3.8) is 0 Å². The Morgan fingerprint density at radius 3 is 2.34 bits per heavy atom. The number of aromatic nitrogens is 3. The molecule has 1 aliphatic heterocycles. The minimum atomic E-state index is -4.69. The highest BCUT2D eigenvalue weighted by atomic mass is 79.9. The van der Waals surface area contributed by atoms with Crippen molar-refractivity contribution in [1.82, 2.24) is 19.3 Å². The topological polar surface area (TPSA) is 93.1 Å². The van der Waals surface area contributed by atoms with E-state index in [4.69, 9.17) is 0 Å². The molecule has 0 saturated carbocycles. The van der Waals surface area contributed by atoms with E-state index < -0.39 is 51.9 Å². The van der Waals surface area contributed by atoms with E-state index in [1.54, 1.807) is 6.07 Å². The first kappa shape index (κ1) is 28.2. The summed E-state index contributed by atoms with van der Waals surface area (Å²) in [6, 6.07) is 3.26. The molecule has 14 heteroatoms. The van der Waals surface area contributed by atoms with Gasteiger partial charge in [0.1, 0.15) is 12.0 Å². The van der Waals surface area contributed by atoms with Crippen LogP contribution in [0.3, 0.4) is 0 Å². The number of hydrogen-bond acceptors (Lipinski definition) is 6. The van der Waals surface area contributed by atoms with Crippen molar-refractivity contribution >= 4 is 31.7 Å². The predicted octanol–water partition coefficient (Wildman–Crippen LogP) is 5.15. The van der Waals surface area contributed by atoms with E-state index in [9.17, 15) is 35.2 Å². The molecule has 38 heavy (non-hydrogen) atoms. The Morgan fingerprint density at radius 2 is 1.74 bits per heavy atom. The minimum absolute atomic E-state index is 0.114. The molecule has 7 nitrogen and oxygen atoms in total. The lowest BCUT2D eigenvalue weighted by Gasteiger charge is -2.26. The zero-order valence-electron chi connectivity index (χ0n) is 19.7. The lowest BCUT2D eigenvalue weighted by atomic mass is 10.0. The SMILES string of the molecule is C[C@H]1[C@H](F)C[C@@H](C(=O)CCc2cc(-c3cnc(C(F)(F)F)nc3)ncc2Br)N1S(=O)(=O)c1ccc(F)cc1. The standard InChI is InChI=1S/C24H20BrF5N4O3S/c1-13-19(27)9-21(34(13)38(36,37)17-5-3-16(26)4-6-17)22(35)7-2-14-8-20(31-12-18(14)25)15-10-32-23(33-11-15)24(28,29)30/h3-6,8,10-13,19,21H,2,7,9H2,1H3/t13-,19+,21-/m0/s1. The maximum Gasteiger partial charge on any atom is 0.451 e. The summed E-state index contributed by atoms with van der Waals surface area (Å²) >= 11 is 3.32. The average Bonchev–Trinajstić information content (AvgIpc) is 3.18. The van der Waals surface area contributed by atoms with Gasteiger partial charge in [-0.3, -0.25) is 9.78 Å². The molecule has 1 aromatic carbocycles. The smallest absolute Gasteiger partial charge is 0.298 e. The molecule has 1 saturated heterocycles.